The molecule has 22 heavy (non-hydrogen) atoms. The number of hydrogen-bond acceptors (Lipinski definition) is 4. The molecule has 2 saturated heterocycles. The fraction of sp³-hybridized carbons (Fsp3) is 0.647. The van der Waals surface area contributed by atoms with Gasteiger partial charge in [-0.3, -0.25) is 4.79 Å². The lowest BCUT2D eigenvalue weighted by Gasteiger charge is -2.34. The van der Waals surface area contributed by atoms with Gasteiger partial charge in [0.15, 0.2) is 0 Å². The monoisotopic (exact) mass is 302 g/mol. The zero-order valence-electron chi connectivity index (χ0n) is 13.7. The number of pyridine rings is 1. The Morgan fingerprint density at radius 2 is 1.91 bits per heavy atom. The number of amides is 1. The summed E-state index contributed by atoms with van der Waals surface area (Å²) < 4.78 is 0. The van der Waals surface area contributed by atoms with Crippen molar-refractivity contribution < 1.29 is 4.79 Å². The van der Waals surface area contributed by atoms with Crippen LogP contribution in [0.4, 0.5) is 5.82 Å². The van der Waals surface area contributed by atoms with E-state index < -0.39 is 0 Å². The molecular formula is C17H26N4O. The molecule has 0 saturated carbocycles. The second-order valence-corrected chi connectivity index (χ2v) is 6.51. The minimum Gasteiger partial charge on any atom is -0.354 e. The quantitative estimate of drug-likeness (QED) is 0.836. The molecular weight excluding hydrogens is 276 g/mol. The van der Waals surface area contributed by atoms with Crippen molar-refractivity contribution in [3.8, 4) is 0 Å². The summed E-state index contributed by atoms with van der Waals surface area (Å²) >= 11 is 0. The molecule has 1 aromatic heterocycles. The number of piperidine rings is 1. The van der Waals surface area contributed by atoms with Crippen molar-refractivity contribution in [1.29, 1.82) is 0 Å². The van der Waals surface area contributed by atoms with Crippen LogP contribution in [-0.4, -0.2) is 66.5 Å². The zero-order valence-corrected chi connectivity index (χ0v) is 13.7. The second kappa shape index (κ2) is 6.65. The summed E-state index contributed by atoms with van der Waals surface area (Å²) in [4.78, 5) is 24.0. The van der Waals surface area contributed by atoms with E-state index in [-0.39, 0.29) is 5.91 Å². The molecule has 1 atom stereocenters. The van der Waals surface area contributed by atoms with Crippen molar-refractivity contribution in [2.75, 3.05) is 44.7 Å². The Morgan fingerprint density at radius 3 is 2.64 bits per heavy atom. The number of piperazine rings is 1. The van der Waals surface area contributed by atoms with Crippen molar-refractivity contribution in [3.05, 3.63) is 23.9 Å². The molecule has 3 rings (SSSR count). The maximum absolute atomic E-state index is 12.7. The van der Waals surface area contributed by atoms with E-state index in [1.165, 1.54) is 6.42 Å². The molecule has 1 unspecified atom stereocenters. The maximum atomic E-state index is 12.7. The fourth-order valence-electron chi connectivity index (χ4n) is 3.30. The van der Waals surface area contributed by atoms with Crippen LogP contribution in [-0.2, 0) is 0 Å². The third-order valence-electron chi connectivity index (χ3n) is 4.84. The number of aromatic nitrogens is 1. The highest BCUT2D eigenvalue weighted by molar-refractivity contribution is 5.93. The number of hydrogen-bond donors (Lipinski definition) is 0. The van der Waals surface area contributed by atoms with E-state index >= 15 is 0 Å². The lowest BCUT2D eigenvalue weighted by atomic mass is 10.0. The number of likely N-dealkylation sites (tertiary alicyclic amines) is 1. The van der Waals surface area contributed by atoms with Crippen LogP contribution in [0.5, 0.6) is 0 Å². The topological polar surface area (TPSA) is 39.7 Å². The van der Waals surface area contributed by atoms with E-state index in [1.54, 1.807) is 0 Å². The van der Waals surface area contributed by atoms with E-state index in [9.17, 15) is 4.79 Å². The summed E-state index contributed by atoms with van der Waals surface area (Å²) in [6.07, 6.45) is 3.43. The van der Waals surface area contributed by atoms with Gasteiger partial charge in [-0.1, -0.05) is 6.07 Å². The van der Waals surface area contributed by atoms with Crippen LogP contribution in [0.15, 0.2) is 18.2 Å². The summed E-state index contributed by atoms with van der Waals surface area (Å²) in [6, 6.07) is 6.16. The minimum absolute atomic E-state index is 0.0863. The highest BCUT2D eigenvalue weighted by Gasteiger charge is 2.25. The minimum atomic E-state index is 0.0863. The fourth-order valence-corrected chi connectivity index (χ4v) is 3.30. The molecule has 1 aromatic rings. The zero-order chi connectivity index (χ0) is 15.5. The van der Waals surface area contributed by atoms with Gasteiger partial charge < -0.3 is 14.7 Å². The van der Waals surface area contributed by atoms with Crippen LogP contribution < -0.4 is 4.90 Å². The number of rotatable bonds is 2. The van der Waals surface area contributed by atoms with Crippen LogP contribution >= 0.6 is 0 Å². The average molecular weight is 302 g/mol. The normalized spacial score (nSPS) is 23.6. The summed E-state index contributed by atoms with van der Waals surface area (Å²) in [7, 11) is 2.14. The molecule has 5 heteroatoms. The van der Waals surface area contributed by atoms with Crippen molar-refractivity contribution >= 4 is 11.7 Å². The van der Waals surface area contributed by atoms with Crippen molar-refractivity contribution in [3.63, 3.8) is 0 Å². The first-order valence-corrected chi connectivity index (χ1v) is 8.36. The smallest absolute Gasteiger partial charge is 0.272 e. The third-order valence-corrected chi connectivity index (χ3v) is 4.84. The molecule has 0 aliphatic carbocycles. The second-order valence-electron chi connectivity index (χ2n) is 6.51. The van der Waals surface area contributed by atoms with Crippen LogP contribution in [0.1, 0.15) is 36.7 Å². The third kappa shape index (κ3) is 3.24. The van der Waals surface area contributed by atoms with E-state index in [2.05, 4.69) is 28.8 Å². The van der Waals surface area contributed by atoms with Gasteiger partial charge in [0, 0.05) is 38.8 Å². The Hall–Kier alpha value is -1.62. The Labute approximate surface area is 132 Å². The van der Waals surface area contributed by atoms with Crippen LogP contribution in [0.3, 0.4) is 0 Å². The van der Waals surface area contributed by atoms with Crippen LogP contribution in [0, 0.1) is 0 Å². The highest BCUT2D eigenvalue weighted by atomic mass is 16.2. The van der Waals surface area contributed by atoms with E-state index in [1.807, 2.05) is 23.1 Å². The Balaban J connectivity index is 1.74. The Bertz CT molecular complexity index is 525. The van der Waals surface area contributed by atoms with Gasteiger partial charge in [0.2, 0.25) is 0 Å². The first kappa shape index (κ1) is 15.3. The molecule has 0 N–H and O–H groups in total. The van der Waals surface area contributed by atoms with Crippen molar-refractivity contribution in [2.45, 2.75) is 32.2 Å². The van der Waals surface area contributed by atoms with Gasteiger partial charge in [-0.25, -0.2) is 4.98 Å². The van der Waals surface area contributed by atoms with Gasteiger partial charge in [-0.05, 0) is 45.4 Å². The summed E-state index contributed by atoms with van der Waals surface area (Å²) in [5.74, 6) is 1.02. The van der Waals surface area contributed by atoms with Gasteiger partial charge >= 0.3 is 0 Å². The standard InChI is InChI=1S/C17H26N4O/c1-14-6-3-4-9-21(14)17(22)15-7-5-8-16(18-15)20-12-10-19(2)11-13-20/h5,7-8,14H,3-4,6,9-13H2,1-2H3. The van der Waals surface area contributed by atoms with Gasteiger partial charge in [0.05, 0.1) is 0 Å². The Morgan fingerprint density at radius 1 is 1.14 bits per heavy atom. The molecule has 120 valence electrons. The average Bonchev–Trinajstić information content (AvgIpc) is 2.55. The molecule has 2 aliphatic rings. The van der Waals surface area contributed by atoms with Gasteiger partial charge in [0.25, 0.3) is 5.91 Å². The highest BCUT2D eigenvalue weighted by Crippen LogP contribution is 2.20. The molecule has 0 bridgehead atoms. The number of anilines is 1. The number of likely N-dealkylation sites (N-methyl/N-ethyl adjacent to an activating group) is 1. The SMILES string of the molecule is CC1CCCCN1C(=O)c1cccc(N2CCN(C)CC2)n1. The molecule has 2 aliphatic heterocycles. The number of carbonyl (C=O) groups is 1. The summed E-state index contributed by atoms with van der Waals surface area (Å²) in [5, 5.41) is 0. The molecule has 3 heterocycles. The van der Waals surface area contributed by atoms with E-state index in [0.29, 0.717) is 11.7 Å². The van der Waals surface area contributed by atoms with Crippen molar-refractivity contribution in [2.24, 2.45) is 0 Å². The first-order valence-electron chi connectivity index (χ1n) is 8.36. The molecule has 5 nitrogen and oxygen atoms in total. The Kier molecular flexibility index (Phi) is 4.62. The van der Waals surface area contributed by atoms with Crippen LogP contribution in [0.2, 0.25) is 0 Å². The molecule has 0 radical (unpaired) electrons. The molecule has 0 spiro atoms. The van der Waals surface area contributed by atoms with Gasteiger partial charge in [-0.2, -0.15) is 0 Å². The molecule has 0 aromatic carbocycles. The first-order chi connectivity index (χ1) is 10.6. The molecule has 1 amide bonds. The summed E-state index contributed by atoms with van der Waals surface area (Å²) in [6.45, 7) is 7.04. The number of nitrogens with zero attached hydrogens (tertiary/aromatic N) is 4. The van der Waals surface area contributed by atoms with Gasteiger partial charge in [0.1, 0.15) is 11.5 Å². The predicted molar refractivity (Wildman–Crippen MR) is 88.3 cm³/mol. The predicted octanol–water partition coefficient (Wildman–Crippen LogP) is 1.85. The van der Waals surface area contributed by atoms with Crippen LogP contribution in [0.25, 0.3) is 0 Å². The lowest BCUT2D eigenvalue weighted by molar-refractivity contribution is 0.0629. The summed E-state index contributed by atoms with van der Waals surface area (Å²) in [5.41, 5.74) is 0.588. The van der Waals surface area contributed by atoms with E-state index in [4.69, 9.17) is 0 Å². The van der Waals surface area contributed by atoms with E-state index in [0.717, 1.165) is 51.4 Å². The largest absolute Gasteiger partial charge is 0.354 e. The van der Waals surface area contributed by atoms with Gasteiger partial charge in [-0.15, -0.1) is 0 Å². The maximum Gasteiger partial charge on any atom is 0.272 e. The number of carbonyl (C=O) groups excluding carboxylic acids is 1. The molecule has 2 fully saturated rings. The van der Waals surface area contributed by atoms with Crippen molar-refractivity contribution in [1.82, 2.24) is 14.8 Å². The lowest BCUT2D eigenvalue weighted by Crippen LogP contribution is -2.45.